The first-order valence-electron chi connectivity index (χ1n) is 1.56. The molecule has 0 fully saturated rings. The van der Waals surface area contributed by atoms with Gasteiger partial charge in [0.1, 0.15) is 0 Å². The summed E-state index contributed by atoms with van der Waals surface area (Å²) in [5.41, 5.74) is 0.690. The summed E-state index contributed by atoms with van der Waals surface area (Å²) in [6.45, 7) is 1.76. The topological polar surface area (TPSA) is 38.9 Å². The molecular formula is C3H3N2OU-. The van der Waals surface area contributed by atoms with Crippen LogP contribution < -0.4 is 0 Å². The van der Waals surface area contributed by atoms with Crippen molar-refractivity contribution in [2.24, 2.45) is 0 Å². The Balaban J connectivity index is 0.000000360. The number of hydrogen-bond donors (Lipinski definition) is 0. The Hall–Kier alpha value is 0.192. The van der Waals surface area contributed by atoms with E-state index in [4.69, 9.17) is 0 Å². The van der Waals surface area contributed by atoms with Gasteiger partial charge in [-0.3, -0.25) is 16.0 Å². The predicted octanol–water partition coefficient (Wildman–Crippen LogP) is 0.178. The van der Waals surface area contributed by atoms with Gasteiger partial charge in [-0.2, -0.15) is 0 Å². The van der Waals surface area contributed by atoms with Crippen molar-refractivity contribution in [2.45, 2.75) is 6.92 Å². The van der Waals surface area contributed by atoms with E-state index in [2.05, 4.69) is 21.1 Å². The van der Waals surface area contributed by atoms with E-state index in [1.165, 1.54) is 0 Å². The van der Waals surface area contributed by atoms with Gasteiger partial charge in [-0.05, 0) is 0 Å². The molecule has 1 heterocycles. The third kappa shape index (κ3) is 2.10. The van der Waals surface area contributed by atoms with Crippen molar-refractivity contribution in [1.82, 2.24) is 10.3 Å². The van der Waals surface area contributed by atoms with Crippen molar-refractivity contribution >= 4 is 0 Å². The molecule has 0 unspecified atom stereocenters. The molecule has 0 bridgehead atoms. The molecule has 1 rings (SSSR count). The molecule has 0 spiro atoms. The van der Waals surface area contributed by atoms with Gasteiger partial charge in [-0.15, -0.1) is 0 Å². The van der Waals surface area contributed by atoms with E-state index in [0.717, 1.165) is 0 Å². The Labute approximate surface area is 64.8 Å². The maximum absolute atomic E-state index is 4.16. The van der Waals surface area contributed by atoms with Crippen molar-refractivity contribution in [3.05, 3.63) is 11.9 Å². The van der Waals surface area contributed by atoms with Crippen LogP contribution in [-0.4, -0.2) is 10.3 Å². The SMILES string of the molecule is Cc1[c-]non1.[U]. The summed E-state index contributed by atoms with van der Waals surface area (Å²) in [5, 5.41) is 6.59. The Kier molecular flexibility index (Phi) is 3.32. The Bertz CT molecular complexity index is 116. The zero-order chi connectivity index (χ0) is 4.41. The first-order valence-corrected chi connectivity index (χ1v) is 1.56. The van der Waals surface area contributed by atoms with Crippen molar-refractivity contribution in [3.63, 3.8) is 0 Å². The quantitative estimate of drug-likeness (QED) is 0.640. The maximum Gasteiger partial charge on any atom is 0 e. The average molecular weight is 321 g/mol. The van der Waals surface area contributed by atoms with Gasteiger partial charge in [0.05, 0.1) is 0 Å². The molecule has 0 amide bonds. The van der Waals surface area contributed by atoms with E-state index >= 15 is 0 Å². The van der Waals surface area contributed by atoms with Gasteiger partial charge >= 0.3 is 0 Å². The Morgan fingerprint density at radius 1 is 1.71 bits per heavy atom. The van der Waals surface area contributed by atoms with Crippen molar-refractivity contribution in [2.75, 3.05) is 0 Å². The van der Waals surface area contributed by atoms with Crippen LogP contribution in [0, 0.1) is 44.2 Å². The van der Waals surface area contributed by atoms with Crippen LogP contribution in [0.25, 0.3) is 0 Å². The minimum Gasteiger partial charge on any atom is -0.297 e. The second-order valence-corrected chi connectivity index (χ2v) is 0.961. The Morgan fingerprint density at radius 3 is 2.57 bits per heavy atom. The molecule has 0 aliphatic heterocycles. The minimum atomic E-state index is 0. The zero-order valence-electron chi connectivity index (χ0n) is 3.80. The third-order valence-electron chi connectivity index (χ3n) is 0.426. The van der Waals surface area contributed by atoms with Crippen molar-refractivity contribution in [1.29, 1.82) is 0 Å². The molecule has 0 aromatic carbocycles. The summed E-state index contributed by atoms with van der Waals surface area (Å²) < 4.78 is 4.16. The summed E-state index contributed by atoms with van der Waals surface area (Å²) in [6, 6.07) is 0. The monoisotopic (exact) mass is 321 g/mol. The molecule has 36 valence electrons. The normalized spacial score (nSPS) is 7.57. The van der Waals surface area contributed by atoms with Crippen LogP contribution in [0.5, 0.6) is 0 Å². The van der Waals surface area contributed by atoms with Gasteiger partial charge in [-0.1, -0.05) is 17.8 Å². The molecule has 0 radical (unpaired) electrons. The molecule has 0 atom stereocenters. The molecular weight excluding hydrogens is 318 g/mol. The smallest absolute Gasteiger partial charge is 0 e. The van der Waals surface area contributed by atoms with Gasteiger partial charge in [0, 0.05) is 31.1 Å². The fraction of sp³-hybridized carbons (Fsp3) is 0.333. The first kappa shape index (κ1) is 7.19. The van der Waals surface area contributed by atoms with Gasteiger partial charge in [0.15, 0.2) is 0 Å². The molecule has 0 N–H and O–H groups in total. The van der Waals surface area contributed by atoms with Crippen LogP contribution in [0.4, 0.5) is 0 Å². The summed E-state index contributed by atoms with van der Waals surface area (Å²) >= 11 is 0. The number of hydrogen-bond acceptors (Lipinski definition) is 3. The average Bonchev–Trinajstić information content (AvgIpc) is 1.86. The number of aryl methyl sites for hydroxylation is 1. The standard InChI is InChI=1S/C3H3N2O.U/c1-3-2-4-6-5-3;/h1H3;/q-1;. The second kappa shape index (κ2) is 3.23. The van der Waals surface area contributed by atoms with Gasteiger partial charge in [0.2, 0.25) is 0 Å². The number of nitrogens with zero attached hydrogens (tertiary/aromatic N) is 2. The largest absolute Gasteiger partial charge is 0.297 e. The molecule has 7 heavy (non-hydrogen) atoms. The fourth-order valence-electron chi connectivity index (χ4n) is 0.189. The van der Waals surface area contributed by atoms with Crippen LogP contribution in [0.15, 0.2) is 4.63 Å². The van der Waals surface area contributed by atoms with Crippen LogP contribution in [0.3, 0.4) is 0 Å². The summed E-state index contributed by atoms with van der Waals surface area (Å²) in [6.07, 6.45) is 2.47. The van der Waals surface area contributed by atoms with E-state index in [1.54, 1.807) is 6.92 Å². The molecule has 0 saturated heterocycles. The Morgan fingerprint density at radius 2 is 2.43 bits per heavy atom. The third-order valence-corrected chi connectivity index (χ3v) is 0.426. The summed E-state index contributed by atoms with van der Waals surface area (Å²) in [7, 11) is 0. The summed E-state index contributed by atoms with van der Waals surface area (Å²) in [4.78, 5) is 0. The van der Waals surface area contributed by atoms with Crippen molar-refractivity contribution in [3.8, 4) is 0 Å². The molecule has 1 aromatic heterocycles. The predicted molar refractivity (Wildman–Crippen MR) is 17.9 cm³/mol. The first-order chi connectivity index (χ1) is 2.89. The minimum absolute atomic E-state index is 0. The van der Waals surface area contributed by atoms with Gasteiger partial charge in [0.25, 0.3) is 0 Å². The molecule has 3 nitrogen and oxygen atoms in total. The fourth-order valence-corrected chi connectivity index (χ4v) is 0.189. The number of aromatic nitrogens is 2. The zero-order valence-corrected chi connectivity index (χ0v) is 7.97. The van der Waals surface area contributed by atoms with E-state index < -0.39 is 0 Å². The molecule has 0 aliphatic carbocycles. The van der Waals surface area contributed by atoms with E-state index in [0.29, 0.717) is 5.69 Å². The van der Waals surface area contributed by atoms with E-state index in [9.17, 15) is 0 Å². The molecule has 0 aliphatic rings. The second-order valence-electron chi connectivity index (χ2n) is 0.961. The van der Waals surface area contributed by atoms with Crippen LogP contribution in [0.2, 0.25) is 0 Å². The van der Waals surface area contributed by atoms with Crippen LogP contribution in [-0.2, 0) is 0 Å². The maximum atomic E-state index is 4.16. The molecule has 1 aromatic rings. The van der Waals surface area contributed by atoms with Crippen molar-refractivity contribution < 1.29 is 35.7 Å². The van der Waals surface area contributed by atoms with Gasteiger partial charge in [-0.25, -0.2) is 0 Å². The number of rotatable bonds is 0. The van der Waals surface area contributed by atoms with Crippen LogP contribution >= 0.6 is 0 Å². The molecule has 0 saturated carbocycles. The summed E-state index contributed by atoms with van der Waals surface area (Å²) in [5.74, 6) is 0. The van der Waals surface area contributed by atoms with E-state index in [1.807, 2.05) is 0 Å². The van der Waals surface area contributed by atoms with Crippen LogP contribution in [0.1, 0.15) is 5.69 Å². The van der Waals surface area contributed by atoms with Gasteiger partial charge < -0.3 is 0 Å². The molecule has 4 heteroatoms. The van der Waals surface area contributed by atoms with E-state index in [-0.39, 0.29) is 31.1 Å².